The van der Waals surface area contributed by atoms with E-state index < -0.39 is 0 Å². The lowest BCUT2D eigenvalue weighted by molar-refractivity contribution is -0.130. The van der Waals surface area contributed by atoms with Crippen LogP contribution in [0, 0.1) is 0 Å². The van der Waals surface area contributed by atoms with Crippen molar-refractivity contribution in [1.82, 2.24) is 10.8 Å². The quantitative estimate of drug-likeness (QED) is 0.384. The fourth-order valence-electron chi connectivity index (χ4n) is 3.47. The Labute approximate surface area is 183 Å². The fourth-order valence-corrected chi connectivity index (χ4v) is 6.36. The monoisotopic (exact) mass is 447 g/mol. The van der Waals surface area contributed by atoms with E-state index in [2.05, 4.69) is 16.7 Å². The third-order valence-electron chi connectivity index (χ3n) is 4.91. The summed E-state index contributed by atoms with van der Waals surface area (Å²) in [5.74, 6) is 0.0707. The molecule has 1 saturated heterocycles. The zero-order valence-electron chi connectivity index (χ0n) is 16.7. The molecule has 7 nitrogen and oxygen atoms in total. The summed E-state index contributed by atoms with van der Waals surface area (Å²) in [5.41, 5.74) is 3.39. The van der Waals surface area contributed by atoms with E-state index in [1.54, 1.807) is 34.6 Å². The van der Waals surface area contributed by atoms with Crippen LogP contribution in [0.25, 0.3) is 10.4 Å². The molecular formula is C21H25N3O4S2. The number of nitrogens with one attached hydrogen (secondary N) is 3. The molecule has 2 heterocycles. The van der Waals surface area contributed by atoms with Crippen LogP contribution in [-0.2, 0) is 19.1 Å². The van der Waals surface area contributed by atoms with Gasteiger partial charge in [0, 0.05) is 28.8 Å². The Morgan fingerprint density at radius 1 is 1.13 bits per heavy atom. The maximum atomic E-state index is 12.0. The number of rotatable bonds is 7. The molecule has 1 aliphatic heterocycles. The summed E-state index contributed by atoms with van der Waals surface area (Å²) >= 11 is 3.42. The number of thiophene rings is 1. The second-order valence-corrected chi connectivity index (χ2v) is 9.78. The molecule has 4 N–H and O–H groups in total. The Bertz CT molecular complexity index is 922. The van der Waals surface area contributed by atoms with Gasteiger partial charge in [-0.15, -0.1) is 23.1 Å². The Morgan fingerprint density at radius 3 is 2.67 bits per heavy atom. The molecule has 1 fully saturated rings. The molecule has 0 unspecified atom stereocenters. The average Bonchev–Trinajstić information content (AvgIpc) is 3.24. The molecule has 1 aliphatic rings. The Balaban J connectivity index is 1.78. The van der Waals surface area contributed by atoms with Crippen molar-refractivity contribution in [2.24, 2.45) is 0 Å². The van der Waals surface area contributed by atoms with Gasteiger partial charge in [0.1, 0.15) is 0 Å². The lowest BCUT2D eigenvalue weighted by atomic mass is 9.94. The number of hydrogen-bond donors (Lipinski definition) is 4. The van der Waals surface area contributed by atoms with E-state index in [1.165, 1.54) is 6.92 Å². The molecule has 1 aromatic carbocycles. The van der Waals surface area contributed by atoms with Crippen molar-refractivity contribution in [1.29, 1.82) is 0 Å². The zero-order valence-corrected chi connectivity index (χ0v) is 18.3. The van der Waals surface area contributed by atoms with Crippen LogP contribution in [0.5, 0.6) is 0 Å². The van der Waals surface area contributed by atoms with E-state index in [0.29, 0.717) is 5.69 Å². The number of carbonyl (C=O) groups is 3. The molecule has 160 valence electrons. The Kier molecular flexibility index (Phi) is 7.52. The molecule has 30 heavy (non-hydrogen) atoms. The van der Waals surface area contributed by atoms with E-state index in [9.17, 15) is 14.4 Å². The Hall–Kier alpha value is -2.36. The van der Waals surface area contributed by atoms with Crippen LogP contribution in [0.4, 0.5) is 5.69 Å². The van der Waals surface area contributed by atoms with E-state index in [4.69, 9.17) is 5.21 Å². The summed E-state index contributed by atoms with van der Waals surface area (Å²) in [7, 11) is 0. The lowest BCUT2D eigenvalue weighted by Crippen LogP contribution is -2.32. The minimum absolute atomic E-state index is 0.0740. The van der Waals surface area contributed by atoms with Gasteiger partial charge in [-0.05, 0) is 48.4 Å². The van der Waals surface area contributed by atoms with Crippen LogP contribution in [0.2, 0.25) is 0 Å². The molecule has 0 bridgehead atoms. The molecule has 1 atom stereocenters. The van der Waals surface area contributed by atoms with Crippen LogP contribution in [0.15, 0.2) is 36.4 Å². The highest BCUT2D eigenvalue weighted by Crippen LogP contribution is 2.50. The molecule has 0 spiro atoms. The van der Waals surface area contributed by atoms with Gasteiger partial charge < -0.3 is 10.6 Å². The first kappa shape index (κ1) is 22.3. The van der Waals surface area contributed by atoms with Gasteiger partial charge in [-0.2, -0.15) is 0 Å². The van der Waals surface area contributed by atoms with Gasteiger partial charge in [0.15, 0.2) is 0 Å². The molecule has 3 rings (SSSR count). The number of hydrogen-bond acceptors (Lipinski definition) is 6. The summed E-state index contributed by atoms with van der Waals surface area (Å²) in [4.78, 5) is 37.0. The highest BCUT2D eigenvalue weighted by atomic mass is 32.2. The first-order chi connectivity index (χ1) is 14.4. The predicted molar refractivity (Wildman–Crippen MR) is 120 cm³/mol. The topological polar surface area (TPSA) is 108 Å². The number of carbonyl (C=O) groups excluding carboxylic acids is 3. The molecule has 9 heteroatoms. The van der Waals surface area contributed by atoms with Gasteiger partial charge in [-0.25, -0.2) is 5.48 Å². The highest BCUT2D eigenvalue weighted by molar-refractivity contribution is 8.00. The van der Waals surface area contributed by atoms with Gasteiger partial charge in [0.2, 0.25) is 17.7 Å². The van der Waals surface area contributed by atoms with Crippen molar-refractivity contribution in [3.63, 3.8) is 0 Å². The summed E-state index contributed by atoms with van der Waals surface area (Å²) in [6.45, 7) is 1.29. The minimum atomic E-state index is -0.372. The van der Waals surface area contributed by atoms with Gasteiger partial charge in [-0.3, -0.25) is 19.6 Å². The van der Waals surface area contributed by atoms with Crippen molar-refractivity contribution in [3.05, 3.63) is 41.3 Å². The first-order valence-electron chi connectivity index (χ1n) is 9.74. The van der Waals surface area contributed by atoms with Crippen molar-refractivity contribution < 1.29 is 19.6 Å². The molecule has 0 saturated carbocycles. The van der Waals surface area contributed by atoms with Gasteiger partial charge in [-0.1, -0.05) is 18.6 Å². The fraction of sp³-hybridized carbons (Fsp3) is 0.381. The molecule has 1 aromatic heterocycles. The minimum Gasteiger partial charge on any atom is -0.347 e. The number of amides is 3. The second-order valence-electron chi connectivity index (χ2n) is 7.21. The zero-order chi connectivity index (χ0) is 21.6. The van der Waals surface area contributed by atoms with E-state index >= 15 is 0 Å². The molecular weight excluding hydrogens is 422 g/mol. The smallest absolute Gasteiger partial charge is 0.245 e. The van der Waals surface area contributed by atoms with E-state index in [-0.39, 0.29) is 35.4 Å². The Morgan fingerprint density at radius 2 is 1.97 bits per heavy atom. The van der Waals surface area contributed by atoms with Crippen molar-refractivity contribution in [3.8, 4) is 10.4 Å². The number of anilines is 1. The highest BCUT2D eigenvalue weighted by Gasteiger charge is 2.38. The molecule has 3 amide bonds. The van der Waals surface area contributed by atoms with Gasteiger partial charge in [0.05, 0.1) is 11.3 Å². The van der Waals surface area contributed by atoms with Crippen molar-refractivity contribution >= 4 is 46.5 Å². The SMILES string of the molecule is CC(=O)NCC(=O)Nc1cccc(-c2ccc([C@@]3(CC(=O)NO)CCCCS3)s2)c1. The molecule has 0 radical (unpaired) electrons. The van der Waals surface area contributed by atoms with Crippen LogP contribution in [0.3, 0.4) is 0 Å². The molecule has 2 aromatic rings. The predicted octanol–water partition coefficient (Wildman–Crippen LogP) is 3.50. The van der Waals surface area contributed by atoms with Crippen molar-refractivity contribution in [2.45, 2.75) is 37.4 Å². The first-order valence-corrected chi connectivity index (χ1v) is 11.5. The second kappa shape index (κ2) is 10.1. The van der Waals surface area contributed by atoms with Crippen molar-refractivity contribution in [2.75, 3.05) is 17.6 Å². The van der Waals surface area contributed by atoms with Crippen LogP contribution in [0.1, 0.15) is 37.5 Å². The van der Waals surface area contributed by atoms with Crippen LogP contribution >= 0.6 is 23.1 Å². The summed E-state index contributed by atoms with van der Waals surface area (Å²) < 4.78 is -0.321. The normalized spacial score (nSPS) is 18.5. The average molecular weight is 448 g/mol. The third-order valence-corrected chi connectivity index (χ3v) is 7.99. The summed E-state index contributed by atoms with van der Waals surface area (Å²) in [6.07, 6.45) is 3.32. The van der Waals surface area contributed by atoms with Gasteiger partial charge >= 0.3 is 0 Å². The third kappa shape index (κ3) is 5.62. The van der Waals surface area contributed by atoms with Crippen LogP contribution < -0.4 is 16.1 Å². The maximum Gasteiger partial charge on any atom is 0.245 e. The van der Waals surface area contributed by atoms with E-state index in [0.717, 1.165) is 40.3 Å². The largest absolute Gasteiger partial charge is 0.347 e. The van der Waals surface area contributed by atoms with Crippen LogP contribution in [-0.4, -0.2) is 35.2 Å². The summed E-state index contributed by atoms with van der Waals surface area (Å²) in [6, 6.07) is 11.6. The molecule has 0 aliphatic carbocycles. The number of hydroxylamine groups is 1. The number of benzene rings is 1. The van der Waals surface area contributed by atoms with Gasteiger partial charge in [0.25, 0.3) is 0 Å². The number of thioether (sulfide) groups is 1. The summed E-state index contributed by atoms with van der Waals surface area (Å²) in [5, 5.41) is 14.3. The standard InChI is InChI=1S/C21H25N3O4S2/c1-14(25)22-13-20(27)23-16-6-4-5-15(11-16)17-7-8-18(30-17)21(12-19(26)24-28)9-2-3-10-29-21/h4-8,11,28H,2-3,9-10,12-13H2,1H3,(H,22,25)(H,23,27)(H,24,26)/t21-/m0/s1. The van der Waals surface area contributed by atoms with E-state index in [1.807, 2.05) is 24.3 Å². The maximum absolute atomic E-state index is 12.0. The lowest BCUT2D eigenvalue weighted by Gasteiger charge is -2.35.